The average Bonchev–Trinajstić information content (AvgIpc) is 2.92. The van der Waals surface area contributed by atoms with Crippen molar-refractivity contribution in [3.63, 3.8) is 0 Å². The van der Waals surface area contributed by atoms with Crippen LogP contribution < -0.4 is 4.90 Å². The summed E-state index contributed by atoms with van der Waals surface area (Å²) in [6.45, 7) is 0.159. The minimum atomic E-state index is -4.43. The molecule has 0 atom stereocenters. The van der Waals surface area contributed by atoms with E-state index < -0.39 is 11.7 Å². The van der Waals surface area contributed by atoms with Gasteiger partial charge in [0.25, 0.3) is 5.91 Å². The number of rotatable bonds is 1. The first kappa shape index (κ1) is 12.1. The number of carbonyl (C=O) groups is 1. The van der Waals surface area contributed by atoms with Gasteiger partial charge in [-0.05, 0) is 29.7 Å². The van der Waals surface area contributed by atoms with Crippen LogP contribution in [0.4, 0.5) is 18.9 Å². The number of anilines is 1. The third-order valence-electron chi connectivity index (χ3n) is 2.79. The molecule has 0 N–H and O–H groups in total. The number of aromatic nitrogens is 2. The number of hydrogen-bond donors (Lipinski definition) is 0. The molecule has 0 aliphatic carbocycles. The van der Waals surface area contributed by atoms with Gasteiger partial charge in [-0.15, -0.1) is 5.10 Å². The average molecular weight is 285 g/mol. The van der Waals surface area contributed by atoms with E-state index in [0.717, 1.165) is 23.7 Å². The maximum absolute atomic E-state index is 12.6. The van der Waals surface area contributed by atoms with E-state index in [4.69, 9.17) is 0 Å². The number of hydrogen-bond acceptors (Lipinski definition) is 4. The fourth-order valence-electron chi connectivity index (χ4n) is 1.88. The van der Waals surface area contributed by atoms with Gasteiger partial charge in [-0.2, -0.15) is 13.2 Å². The van der Waals surface area contributed by atoms with Crippen LogP contribution in [0.1, 0.15) is 20.9 Å². The summed E-state index contributed by atoms with van der Waals surface area (Å²) in [6, 6.07) is 4.68. The summed E-state index contributed by atoms with van der Waals surface area (Å²) in [5, 5.41) is 3.78. The molecule has 1 aliphatic rings. The molecule has 0 fully saturated rings. The monoisotopic (exact) mass is 285 g/mol. The van der Waals surface area contributed by atoms with Crippen LogP contribution in [0.15, 0.2) is 24.3 Å². The summed E-state index contributed by atoms with van der Waals surface area (Å²) < 4.78 is 41.5. The van der Waals surface area contributed by atoms with E-state index in [-0.39, 0.29) is 18.1 Å². The highest BCUT2D eigenvalue weighted by atomic mass is 32.1. The van der Waals surface area contributed by atoms with E-state index in [9.17, 15) is 18.0 Å². The summed E-state index contributed by atoms with van der Waals surface area (Å²) in [6.07, 6.45) is -4.43. The molecule has 8 heteroatoms. The Morgan fingerprint density at radius 2 is 2.11 bits per heavy atom. The molecule has 1 aromatic carbocycles. The van der Waals surface area contributed by atoms with Crippen molar-refractivity contribution in [2.24, 2.45) is 0 Å². The SMILES string of the molecule is O=C1c2snnc2CN1c1cccc(C(F)(F)F)c1. The van der Waals surface area contributed by atoms with E-state index in [0.29, 0.717) is 10.6 Å². The standard InChI is InChI=1S/C11H6F3N3OS/c12-11(13,14)6-2-1-3-7(4-6)17-5-8-9(10(17)18)19-16-15-8/h1-4H,5H2. The highest BCUT2D eigenvalue weighted by Crippen LogP contribution is 2.34. The van der Waals surface area contributed by atoms with Crippen molar-refractivity contribution in [2.45, 2.75) is 12.7 Å². The van der Waals surface area contributed by atoms with E-state index in [1.807, 2.05) is 0 Å². The lowest BCUT2D eigenvalue weighted by Gasteiger charge is -2.17. The molecule has 19 heavy (non-hydrogen) atoms. The maximum atomic E-state index is 12.6. The second-order valence-corrected chi connectivity index (χ2v) is 4.74. The minimum absolute atomic E-state index is 0.159. The molecule has 0 saturated carbocycles. The quantitative estimate of drug-likeness (QED) is 0.809. The van der Waals surface area contributed by atoms with Gasteiger partial charge in [0.1, 0.15) is 10.6 Å². The zero-order valence-corrected chi connectivity index (χ0v) is 10.1. The second-order valence-electron chi connectivity index (χ2n) is 3.99. The smallest absolute Gasteiger partial charge is 0.301 e. The molecule has 4 nitrogen and oxygen atoms in total. The lowest BCUT2D eigenvalue weighted by atomic mass is 10.2. The molecule has 1 amide bonds. The summed E-state index contributed by atoms with van der Waals surface area (Å²) in [5.41, 5.74) is -0.0587. The van der Waals surface area contributed by atoms with E-state index in [1.165, 1.54) is 17.0 Å². The fourth-order valence-corrected chi connectivity index (χ4v) is 2.50. The van der Waals surface area contributed by atoms with Crippen molar-refractivity contribution in [2.75, 3.05) is 4.90 Å². The predicted octanol–water partition coefficient (Wildman–Crippen LogP) is 2.72. The molecule has 0 radical (unpaired) electrons. The van der Waals surface area contributed by atoms with Crippen LogP contribution >= 0.6 is 11.5 Å². The first-order valence-electron chi connectivity index (χ1n) is 5.27. The Balaban J connectivity index is 1.97. The topological polar surface area (TPSA) is 46.1 Å². The van der Waals surface area contributed by atoms with Crippen LogP contribution in [0, 0.1) is 0 Å². The van der Waals surface area contributed by atoms with Gasteiger partial charge in [0.15, 0.2) is 0 Å². The van der Waals surface area contributed by atoms with Gasteiger partial charge < -0.3 is 4.90 Å². The van der Waals surface area contributed by atoms with Gasteiger partial charge in [-0.3, -0.25) is 4.79 Å². The summed E-state index contributed by atoms with van der Waals surface area (Å²) in [5.74, 6) is -0.357. The van der Waals surface area contributed by atoms with Crippen molar-refractivity contribution < 1.29 is 18.0 Å². The summed E-state index contributed by atoms with van der Waals surface area (Å²) in [4.78, 5) is 13.6. The van der Waals surface area contributed by atoms with Gasteiger partial charge in [0.2, 0.25) is 0 Å². The number of alkyl halides is 3. The molecule has 0 spiro atoms. The predicted molar refractivity (Wildman–Crippen MR) is 61.9 cm³/mol. The first-order valence-corrected chi connectivity index (χ1v) is 6.04. The highest BCUT2D eigenvalue weighted by Gasteiger charge is 2.35. The third-order valence-corrected chi connectivity index (χ3v) is 3.54. The fraction of sp³-hybridized carbons (Fsp3) is 0.182. The number of carbonyl (C=O) groups excluding carboxylic acids is 1. The van der Waals surface area contributed by atoms with Crippen LogP contribution in [0.5, 0.6) is 0 Å². The van der Waals surface area contributed by atoms with Crippen LogP contribution in [-0.4, -0.2) is 15.5 Å². The number of nitrogens with zero attached hydrogens (tertiary/aromatic N) is 3. The molecule has 0 saturated heterocycles. The van der Waals surface area contributed by atoms with Crippen molar-refractivity contribution in [3.8, 4) is 0 Å². The van der Waals surface area contributed by atoms with Crippen LogP contribution in [0.25, 0.3) is 0 Å². The largest absolute Gasteiger partial charge is 0.416 e. The molecule has 0 bridgehead atoms. The van der Waals surface area contributed by atoms with E-state index >= 15 is 0 Å². The highest BCUT2D eigenvalue weighted by molar-refractivity contribution is 7.08. The van der Waals surface area contributed by atoms with Gasteiger partial charge >= 0.3 is 6.18 Å². The molecule has 2 heterocycles. The molecular weight excluding hydrogens is 279 g/mol. The molecule has 3 rings (SSSR count). The van der Waals surface area contributed by atoms with Crippen molar-refractivity contribution in [1.29, 1.82) is 0 Å². The van der Waals surface area contributed by atoms with Crippen LogP contribution in [0.2, 0.25) is 0 Å². The molecule has 1 aromatic heterocycles. The lowest BCUT2D eigenvalue weighted by Crippen LogP contribution is -2.23. The molecule has 0 unspecified atom stereocenters. The Kier molecular flexibility index (Phi) is 2.56. The van der Waals surface area contributed by atoms with Crippen molar-refractivity contribution in [3.05, 3.63) is 40.4 Å². The zero-order valence-electron chi connectivity index (χ0n) is 9.31. The van der Waals surface area contributed by atoms with Crippen LogP contribution in [-0.2, 0) is 12.7 Å². The Morgan fingerprint density at radius 1 is 1.32 bits per heavy atom. The van der Waals surface area contributed by atoms with Gasteiger partial charge in [0.05, 0.1) is 12.1 Å². The number of amides is 1. The van der Waals surface area contributed by atoms with E-state index in [2.05, 4.69) is 9.59 Å². The maximum Gasteiger partial charge on any atom is 0.416 e. The zero-order chi connectivity index (χ0) is 13.6. The van der Waals surface area contributed by atoms with Crippen LogP contribution in [0.3, 0.4) is 0 Å². The van der Waals surface area contributed by atoms with E-state index in [1.54, 1.807) is 0 Å². The van der Waals surface area contributed by atoms with Crippen molar-refractivity contribution >= 4 is 23.1 Å². The Morgan fingerprint density at radius 3 is 2.79 bits per heavy atom. The lowest BCUT2D eigenvalue weighted by molar-refractivity contribution is -0.137. The summed E-state index contributed by atoms with van der Waals surface area (Å²) in [7, 11) is 0. The van der Waals surface area contributed by atoms with Gasteiger partial charge in [0, 0.05) is 5.69 Å². The normalized spacial score (nSPS) is 14.9. The Bertz CT molecular complexity index is 653. The molecule has 98 valence electrons. The number of fused-ring (bicyclic) bond motifs is 1. The van der Waals surface area contributed by atoms with Gasteiger partial charge in [-0.1, -0.05) is 10.6 Å². The first-order chi connectivity index (χ1) is 8.97. The number of benzene rings is 1. The van der Waals surface area contributed by atoms with Crippen molar-refractivity contribution in [1.82, 2.24) is 9.59 Å². The second kappa shape index (κ2) is 4.02. The molecule has 2 aromatic rings. The molecule has 1 aliphatic heterocycles. The number of halogens is 3. The third kappa shape index (κ3) is 1.97. The Labute approximate surface area is 109 Å². The summed E-state index contributed by atoms with van der Waals surface area (Å²) >= 11 is 0.954. The Hall–Kier alpha value is -1.96. The minimum Gasteiger partial charge on any atom is -0.301 e. The molecular formula is C11H6F3N3OS. The van der Waals surface area contributed by atoms with Gasteiger partial charge in [-0.25, -0.2) is 0 Å².